The number of benzene rings is 1. The molecule has 1 amide bonds. The number of aryl methyl sites for hydroxylation is 1. The molecule has 0 heterocycles. The Morgan fingerprint density at radius 1 is 1.44 bits per heavy atom. The molecule has 0 unspecified atom stereocenters. The Labute approximate surface area is 97.0 Å². The van der Waals surface area contributed by atoms with E-state index in [0.29, 0.717) is 0 Å². The van der Waals surface area contributed by atoms with E-state index in [1.807, 2.05) is 45.0 Å². The molecule has 0 aliphatic heterocycles. The van der Waals surface area contributed by atoms with Gasteiger partial charge in [-0.2, -0.15) is 0 Å². The molecule has 16 heavy (non-hydrogen) atoms. The molecule has 1 rings (SSSR count). The lowest BCUT2D eigenvalue weighted by atomic mass is 9.99. The molecule has 0 saturated heterocycles. The summed E-state index contributed by atoms with van der Waals surface area (Å²) in [6.45, 7) is 5.98. The summed E-state index contributed by atoms with van der Waals surface area (Å²) in [5.74, 6) is 0.0904. The maximum absolute atomic E-state index is 11.8. The Hall–Kier alpha value is -1.35. The summed E-state index contributed by atoms with van der Waals surface area (Å²) in [7, 11) is 0. The fourth-order valence-electron chi connectivity index (χ4n) is 1.44. The smallest absolute Gasteiger partial charge is 0.241 e. The number of nitrogens with one attached hydrogen (secondary N) is 1. The van der Waals surface area contributed by atoms with Gasteiger partial charge in [-0.05, 0) is 24.5 Å². The van der Waals surface area contributed by atoms with E-state index in [1.165, 1.54) is 0 Å². The molecular weight excluding hydrogens is 200 g/mol. The van der Waals surface area contributed by atoms with Gasteiger partial charge in [0.2, 0.25) is 5.91 Å². The van der Waals surface area contributed by atoms with Crippen molar-refractivity contribution in [3.05, 3.63) is 29.8 Å². The Bertz CT molecular complexity index is 363. The van der Waals surface area contributed by atoms with E-state index in [9.17, 15) is 4.79 Å². The second kappa shape index (κ2) is 5.66. The van der Waals surface area contributed by atoms with Crippen LogP contribution >= 0.6 is 0 Å². The summed E-state index contributed by atoms with van der Waals surface area (Å²) in [4.78, 5) is 11.8. The van der Waals surface area contributed by atoms with E-state index >= 15 is 0 Å². The average molecular weight is 220 g/mol. The first kappa shape index (κ1) is 12.7. The fraction of sp³-hybridized carbons (Fsp3) is 0.462. The van der Waals surface area contributed by atoms with Crippen LogP contribution in [-0.4, -0.2) is 11.9 Å². The largest absolute Gasteiger partial charge is 0.324 e. The summed E-state index contributed by atoms with van der Waals surface area (Å²) < 4.78 is 0. The zero-order chi connectivity index (χ0) is 12.1. The third-order valence-electron chi connectivity index (χ3n) is 2.96. The lowest BCUT2D eigenvalue weighted by molar-refractivity contribution is -0.118. The third kappa shape index (κ3) is 3.07. The predicted octanol–water partition coefficient (Wildman–Crippen LogP) is 2.31. The maximum Gasteiger partial charge on any atom is 0.241 e. The molecule has 3 heteroatoms. The number of para-hydroxylation sites is 1. The second-order valence-corrected chi connectivity index (χ2v) is 4.22. The molecule has 0 spiro atoms. The van der Waals surface area contributed by atoms with Crippen LogP contribution in [0.5, 0.6) is 0 Å². The summed E-state index contributed by atoms with van der Waals surface area (Å²) in [6.07, 6.45) is 0.905. The average Bonchev–Trinajstić information content (AvgIpc) is 2.30. The molecule has 0 radical (unpaired) electrons. The highest BCUT2D eigenvalue weighted by Crippen LogP contribution is 2.14. The highest BCUT2D eigenvalue weighted by molar-refractivity contribution is 5.95. The Balaban J connectivity index is 2.68. The lowest BCUT2D eigenvalue weighted by Gasteiger charge is -2.18. The molecule has 2 atom stereocenters. The first-order valence-electron chi connectivity index (χ1n) is 5.68. The number of carbonyl (C=O) groups excluding carboxylic acids is 1. The van der Waals surface area contributed by atoms with Crippen LogP contribution < -0.4 is 11.1 Å². The first-order valence-corrected chi connectivity index (χ1v) is 5.68. The van der Waals surface area contributed by atoms with Gasteiger partial charge in [0.1, 0.15) is 0 Å². The minimum Gasteiger partial charge on any atom is -0.324 e. The van der Waals surface area contributed by atoms with Gasteiger partial charge in [-0.1, -0.05) is 38.5 Å². The zero-order valence-electron chi connectivity index (χ0n) is 10.2. The Kier molecular flexibility index (Phi) is 4.50. The van der Waals surface area contributed by atoms with Gasteiger partial charge >= 0.3 is 0 Å². The van der Waals surface area contributed by atoms with Gasteiger partial charge in [-0.15, -0.1) is 0 Å². The standard InChI is InChI=1S/C13H20N2O/c1-4-9(2)12(14)13(16)15-11-8-6-5-7-10(11)3/h5-9,12H,4,14H2,1-3H3,(H,15,16)/t9-,12+/m1/s1. The van der Waals surface area contributed by atoms with Gasteiger partial charge < -0.3 is 11.1 Å². The normalized spacial score (nSPS) is 14.2. The topological polar surface area (TPSA) is 55.1 Å². The molecule has 3 N–H and O–H groups in total. The zero-order valence-corrected chi connectivity index (χ0v) is 10.2. The van der Waals surface area contributed by atoms with E-state index in [4.69, 9.17) is 5.73 Å². The van der Waals surface area contributed by atoms with Crippen LogP contribution in [-0.2, 0) is 4.79 Å². The van der Waals surface area contributed by atoms with Crippen molar-refractivity contribution in [1.82, 2.24) is 0 Å². The number of hydrogen-bond acceptors (Lipinski definition) is 2. The minimum atomic E-state index is -0.440. The van der Waals surface area contributed by atoms with E-state index in [2.05, 4.69) is 5.32 Å². The van der Waals surface area contributed by atoms with Crippen LogP contribution in [0.1, 0.15) is 25.8 Å². The van der Waals surface area contributed by atoms with E-state index < -0.39 is 6.04 Å². The molecule has 0 bridgehead atoms. The quantitative estimate of drug-likeness (QED) is 0.818. The third-order valence-corrected chi connectivity index (χ3v) is 2.96. The molecule has 0 aliphatic carbocycles. The van der Waals surface area contributed by atoms with E-state index in [-0.39, 0.29) is 11.8 Å². The van der Waals surface area contributed by atoms with Crippen molar-refractivity contribution in [3.63, 3.8) is 0 Å². The molecular formula is C13H20N2O. The summed E-state index contributed by atoms with van der Waals surface area (Å²) in [6, 6.07) is 7.25. The molecule has 88 valence electrons. The van der Waals surface area contributed by atoms with Gasteiger partial charge in [0.05, 0.1) is 6.04 Å². The first-order chi connectivity index (χ1) is 7.56. The number of carbonyl (C=O) groups is 1. The van der Waals surface area contributed by atoms with Crippen molar-refractivity contribution >= 4 is 11.6 Å². The molecule has 0 aliphatic rings. The van der Waals surface area contributed by atoms with Crippen molar-refractivity contribution in [1.29, 1.82) is 0 Å². The number of amides is 1. The number of anilines is 1. The molecule has 1 aromatic carbocycles. The van der Waals surface area contributed by atoms with Crippen LogP contribution in [0.4, 0.5) is 5.69 Å². The van der Waals surface area contributed by atoms with Gasteiger partial charge in [0.25, 0.3) is 0 Å². The van der Waals surface area contributed by atoms with Gasteiger partial charge in [-0.3, -0.25) is 4.79 Å². The molecule has 1 aromatic rings. The Morgan fingerprint density at radius 2 is 2.06 bits per heavy atom. The van der Waals surface area contributed by atoms with Crippen molar-refractivity contribution in [2.45, 2.75) is 33.2 Å². The van der Waals surface area contributed by atoms with Gasteiger partial charge in [0.15, 0.2) is 0 Å². The second-order valence-electron chi connectivity index (χ2n) is 4.22. The Morgan fingerprint density at radius 3 is 2.62 bits per heavy atom. The van der Waals surface area contributed by atoms with Crippen LogP contribution in [0.25, 0.3) is 0 Å². The summed E-state index contributed by atoms with van der Waals surface area (Å²) >= 11 is 0. The lowest BCUT2D eigenvalue weighted by Crippen LogP contribution is -2.40. The van der Waals surface area contributed by atoms with Crippen LogP contribution in [0, 0.1) is 12.8 Å². The van der Waals surface area contributed by atoms with Gasteiger partial charge in [-0.25, -0.2) is 0 Å². The maximum atomic E-state index is 11.8. The molecule has 0 saturated carbocycles. The SMILES string of the molecule is CC[C@@H](C)[C@H](N)C(=O)Nc1ccccc1C. The fourth-order valence-corrected chi connectivity index (χ4v) is 1.44. The van der Waals surface area contributed by atoms with Gasteiger partial charge in [0, 0.05) is 5.69 Å². The number of rotatable bonds is 4. The number of nitrogens with two attached hydrogens (primary N) is 1. The van der Waals surface area contributed by atoms with Crippen molar-refractivity contribution in [2.24, 2.45) is 11.7 Å². The van der Waals surface area contributed by atoms with Crippen molar-refractivity contribution in [3.8, 4) is 0 Å². The van der Waals surface area contributed by atoms with Crippen molar-refractivity contribution in [2.75, 3.05) is 5.32 Å². The highest BCUT2D eigenvalue weighted by atomic mass is 16.2. The predicted molar refractivity (Wildman–Crippen MR) is 67.2 cm³/mol. The molecule has 0 fully saturated rings. The summed E-state index contributed by atoms with van der Waals surface area (Å²) in [5, 5.41) is 2.86. The van der Waals surface area contributed by atoms with Crippen LogP contribution in [0.2, 0.25) is 0 Å². The van der Waals surface area contributed by atoms with Crippen LogP contribution in [0.3, 0.4) is 0 Å². The highest BCUT2D eigenvalue weighted by Gasteiger charge is 2.19. The van der Waals surface area contributed by atoms with Crippen molar-refractivity contribution < 1.29 is 4.79 Å². The van der Waals surface area contributed by atoms with E-state index in [1.54, 1.807) is 0 Å². The number of hydrogen-bond donors (Lipinski definition) is 2. The summed E-state index contributed by atoms with van der Waals surface area (Å²) in [5.41, 5.74) is 7.74. The monoisotopic (exact) mass is 220 g/mol. The molecule has 3 nitrogen and oxygen atoms in total. The molecule has 0 aromatic heterocycles. The van der Waals surface area contributed by atoms with Crippen LogP contribution in [0.15, 0.2) is 24.3 Å². The minimum absolute atomic E-state index is 0.108. The van der Waals surface area contributed by atoms with E-state index in [0.717, 1.165) is 17.7 Å².